The average molecular weight is 289 g/mol. The molecule has 0 aromatic carbocycles. The molecule has 0 saturated heterocycles. The molecule has 20 heavy (non-hydrogen) atoms. The van der Waals surface area contributed by atoms with Gasteiger partial charge in [-0.1, -0.05) is 0 Å². The highest BCUT2D eigenvalue weighted by Gasteiger charge is 2.15. The van der Waals surface area contributed by atoms with Gasteiger partial charge in [0.15, 0.2) is 0 Å². The van der Waals surface area contributed by atoms with Crippen LogP contribution in [0.4, 0.5) is 4.79 Å². The maximum atomic E-state index is 11.4. The molecule has 0 aliphatic rings. The molecule has 1 unspecified atom stereocenters. The van der Waals surface area contributed by atoms with Gasteiger partial charge in [-0.25, -0.2) is 4.79 Å². The van der Waals surface area contributed by atoms with Crippen molar-refractivity contribution in [3.8, 4) is 0 Å². The Morgan fingerprint density at radius 1 is 1.20 bits per heavy atom. The minimum Gasteiger partial charge on any atom is -0.481 e. The van der Waals surface area contributed by atoms with Gasteiger partial charge in [-0.15, -0.1) is 0 Å². The minimum absolute atomic E-state index is 0.0511. The Morgan fingerprint density at radius 2 is 1.80 bits per heavy atom. The number of amides is 3. The molecule has 0 radical (unpaired) electrons. The lowest BCUT2D eigenvalue weighted by atomic mass is 10.1. The number of rotatable bonds is 7. The van der Waals surface area contributed by atoms with Gasteiger partial charge in [0, 0.05) is 19.2 Å². The standard InChI is InChI=1S/C12H23N3O5/c1-12(2,3)15-9(16)7-14-11(19)13-6-8(20-4)5-10(17)18/h8H,5-7H2,1-4H3,(H,15,16)(H,17,18)(H2,13,14,19). The molecule has 8 heteroatoms. The van der Waals surface area contributed by atoms with Crippen molar-refractivity contribution in [1.29, 1.82) is 0 Å². The Morgan fingerprint density at radius 3 is 2.25 bits per heavy atom. The fraction of sp³-hybridized carbons (Fsp3) is 0.750. The van der Waals surface area contributed by atoms with E-state index in [-0.39, 0.29) is 31.0 Å². The van der Waals surface area contributed by atoms with Crippen molar-refractivity contribution in [3.63, 3.8) is 0 Å². The van der Waals surface area contributed by atoms with Crippen LogP contribution in [0.25, 0.3) is 0 Å². The van der Waals surface area contributed by atoms with Crippen molar-refractivity contribution in [2.45, 2.75) is 38.8 Å². The van der Waals surface area contributed by atoms with Gasteiger partial charge in [-0.05, 0) is 20.8 Å². The topological polar surface area (TPSA) is 117 Å². The number of methoxy groups -OCH3 is 1. The SMILES string of the molecule is COC(CNC(=O)NCC(=O)NC(C)(C)C)CC(=O)O. The van der Waals surface area contributed by atoms with Crippen LogP contribution in [0.1, 0.15) is 27.2 Å². The molecule has 0 aliphatic carbocycles. The van der Waals surface area contributed by atoms with E-state index in [4.69, 9.17) is 9.84 Å². The second kappa shape index (κ2) is 8.36. The van der Waals surface area contributed by atoms with E-state index in [0.29, 0.717) is 0 Å². The van der Waals surface area contributed by atoms with Crippen LogP contribution in [-0.4, -0.2) is 54.9 Å². The van der Waals surface area contributed by atoms with Crippen LogP contribution in [0, 0.1) is 0 Å². The second-order valence-corrected chi connectivity index (χ2v) is 5.32. The molecule has 0 heterocycles. The largest absolute Gasteiger partial charge is 0.481 e. The second-order valence-electron chi connectivity index (χ2n) is 5.32. The van der Waals surface area contributed by atoms with Crippen LogP contribution in [-0.2, 0) is 14.3 Å². The number of carbonyl (C=O) groups is 3. The van der Waals surface area contributed by atoms with Crippen molar-refractivity contribution in [1.82, 2.24) is 16.0 Å². The lowest BCUT2D eigenvalue weighted by Crippen LogP contribution is -2.48. The highest BCUT2D eigenvalue weighted by Crippen LogP contribution is 1.97. The number of hydrogen-bond acceptors (Lipinski definition) is 4. The molecule has 116 valence electrons. The van der Waals surface area contributed by atoms with Gasteiger partial charge in [0.1, 0.15) is 0 Å². The number of nitrogens with one attached hydrogen (secondary N) is 3. The van der Waals surface area contributed by atoms with E-state index in [1.807, 2.05) is 20.8 Å². The smallest absolute Gasteiger partial charge is 0.315 e. The molecule has 4 N–H and O–H groups in total. The van der Waals surface area contributed by atoms with E-state index < -0.39 is 18.1 Å². The fourth-order valence-electron chi connectivity index (χ4n) is 1.33. The predicted molar refractivity (Wildman–Crippen MR) is 72.3 cm³/mol. The van der Waals surface area contributed by atoms with Gasteiger partial charge in [0.2, 0.25) is 5.91 Å². The average Bonchev–Trinajstić information content (AvgIpc) is 2.29. The monoisotopic (exact) mass is 289 g/mol. The lowest BCUT2D eigenvalue weighted by molar-refractivity contribution is -0.139. The molecule has 0 bridgehead atoms. The summed E-state index contributed by atoms with van der Waals surface area (Å²) >= 11 is 0. The summed E-state index contributed by atoms with van der Waals surface area (Å²) in [5.41, 5.74) is -0.363. The van der Waals surface area contributed by atoms with Gasteiger partial charge < -0.3 is 25.8 Å². The maximum Gasteiger partial charge on any atom is 0.315 e. The third-order valence-corrected chi connectivity index (χ3v) is 2.15. The summed E-state index contributed by atoms with van der Waals surface area (Å²) in [7, 11) is 1.37. The fourth-order valence-corrected chi connectivity index (χ4v) is 1.33. The normalized spacial score (nSPS) is 12.4. The first-order valence-corrected chi connectivity index (χ1v) is 6.21. The molecule has 3 amide bonds. The molecule has 0 aromatic heterocycles. The van der Waals surface area contributed by atoms with E-state index in [0.717, 1.165) is 0 Å². The third-order valence-electron chi connectivity index (χ3n) is 2.15. The van der Waals surface area contributed by atoms with Crippen LogP contribution in [0.2, 0.25) is 0 Å². The van der Waals surface area contributed by atoms with Crippen molar-refractivity contribution in [3.05, 3.63) is 0 Å². The van der Waals surface area contributed by atoms with Gasteiger partial charge in [-0.3, -0.25) is 9.59 Å². The Bertz CT molecular complexity index is 351. The van der Waals surface area contributed by atoms with Gasteiger partial charge in [0.25, 0.3) is 0 Å². The maximum absolute atomic E-state index is 11.4. The Labute approximate surface area is 118 Å². The van der Waals surface area contributed by atoms with E-state index >= 15 is 0 Å². The van der Waals surface area contributed by atoms with Gasteiger partial charge >= 0.3 is 12.0 Å². The third kappa shape index (κ3) is 10.1. The van der Waals surface area contributed by atoms with Crippen molar-refractivity contribution in [2.75, 3.05) is 20.2 Å². The number of carbonyl (C=O) groups excluding carboxylic acids is 2. The van der Waals surface area contributed by atoms with E-state index in [2.05, 4.69) is 16.0 Å². The lowest BCUT2D eigenvalue weighted by Gasteiger charge is -2.20. The molecule has 0 saturated carbocycles. The van der Waals surface area contributed by atoms with E-state index in [1.54, 1.807) is 0 Å². The van der Waals surface area contributed by atoms with Crippen LogP contribution in [0.5, 0.6) is 0 Å². The molecule has 0 aromatic rings. The Hall–Kier alpha value is -1.83. The molecular formula is C12H23N3O5. The summed E-state index contributed by atoms with van der Waals surface area (Å²) in [5.74, 6) is -1.31. The van der Waals surface area contributed by atoms with Crippen molar-refractivity contribution >= 4 is 17.9 Å². The van der Waals surface area contributed by atoms with Crippen LogP contribution < -0.4 is 16.0 Å². The van der Waals surface area contributed by atoms with Gasteiger partial charge in [0.05, 0.1) is 19.1 Å². The van der Waals surface area contributed by atoms with Crippen LogP contribution in [0.15, 0.2) is 0 Å². The quantitative estimate of drug-likeness (QED) is 0.513. The summed E-state index contributed by atoms with van der Waals surface area (Å²) in [6, 6.07) is -0.554. The molecule has 0 aliphatic heterocycles. The number of urea groups is 1. The summed E-state index contributed by atoms with van der Waals surface area (Å²) in [5, 5.41) is 16.1. The summed E-state index contributed by atoms with van der Waals surface area (Å²) in [4.78, 5) is 33.4. The van der Waals surface area contributed by atoms with Crippen molar-refractivity contribution < 1.29 is 24.2 Å². The van der Waals surface area contributed by atoms with E-state index in [9.17, 15) is 14.4 Å². The molecule has 1 atom stereocenters. The first kappa shape index (κ1) is 18.2. The number of carboxylic acid groups (broad SMARTS) is 1. The highest BCUT2D eigenvalue weighted by molar-refractivity contribution is 5.84. The van der Waals surface area contributed by atoms with Crippen molar-refractivity contribution in [2.24, 2.45) is 0 Å². The molecule has 8 nitrogen and oxygen atoms in total. The highest BCUT2D eigenvalue weighted by atomic mass is 16.5. The summed E-state index contributed by atoms with van der Waals surface area (Å²) in [6.07, 6.45) is -0.817. The zero-order valence-electron chi connectivity index (χ0n) is 12.3. The molecular weight excluding hydrogens is 266 g/mol. The zero-order valence-corrected chi connectivity index (χ0v) is 12.3. The van der Waals surface area contributed by atoms with Crippen LogP contribution >= 0.6 is 0 Å². The number of carboxylic acids is 1. The predicted octanol–water partition coefficient (Wildman–Crippen LogP) is -0.310. The zero-order chi connectivity index (χ0) is 15.8. The van der Waals surface area contributed by atoms with Gasteiger partial charge in [-0.2, -0.15) is 0 Å². The summed E-state index contributed by atoms with van der Waals surface area (Å²) in [6.45, 7) is 5.40. The molecule has 0 fully saturated rings. The number of ether oxygens (including phenoxy) is 1. The number of aliphatic carboxylic acids is 1. The first-order valence-electron chi connectivity index (χ1n) is 6.21. The summed E-state index contributed by atoms with van der Waals surface area (Å²) < 4.78 is 4.90. The first-order chi connectivity index (χ1) is 9.14. The minimum atomic E-state index is -1.01. The molecule has 0 rings (SSSR count). The number of hydrogen-bond donors (Lipinski definition) is 4. The molecule has 0 spiro atoms. The Balaban J connectivity index is 3.94. The van der Waals surface area contributed by atoms with E-state index in [1.165, 1.54) is 7.11 Å². The van der Waals surface area contributed by atoms with Crippen LogP contribution in [0.3, 0.4) is 0 Å². The Kier molecular flexibility index (Phi) is 7.60.